The van der Waals surface area contributed by atoms with Crippen LogP contribution in [0.5, 0.6) is 0 Å². The van der Waals surface area contributed by atoms with E-state index in [2.05, 4.69) is 68.6 Å². The van der Waals surface area contributed by atoms with E-state index in [4.69, 9.17) is 0 Å². The van der Waals surface area contributed by atoms with Gasteiger partial charge in [0.2, 0.25) is 0 Å². The summed E-state index contributed by atoms with van der Waals surface area (Å²) in [6.45, 7) is 0. The van der Waals surface area contributed by atoms with Gasteiger partial charge in [-0.3, -0.25) is 0 Å². The van der Waals surface area contributed by atoms with E-state index in [-0.39, 0.29) is 5.41 Å². The molecule has 4 heteroatoms. The first-order valence-electron chi connectivity index (χ1n) is 9.80. The predicted molar refractivity (Wildman–Crippen MR) is 112 cm³/mol. The number of fused-ring (bicyclic) bond motifs is 2. The number of aromatic amines is 2. The van der Waals surface area contributed by atoms with E-state index in [0.29, 0.717) is 0 Å². The van der Waals surface area contributed by atoms with Gasteiger partial charge in [0.1, 0.15) is 11.3 Å². The Kier molecular flexibility index (Phi) is 3.24. The fourth-order valence-corrected chi connectivity index (χ4v) is 4.68. The van der Waals surface area contributed by atoms with E-state index in [1.807, 2.05) is 24.7 Å². The average Bonchev–Trinajstić information content (AvgIpc) is 3.35. The molecule has 4 aromatic heterocycles. The van der Waals surface area contributed by atoms with Crippen LogP contribution in [0.2, 0.25) is 0 Å². The zero-order valence-corrected chi connectivity index (χ0v) is 15.4. The highest BCUT2D eigenvalue weighted by Crippen LogP contribution is 2.51. The van der Waals surface area contributed by atoms with Crippen molar-refractivity contribution in [3.63, 3.8) is 0 Å². The standard InChI is InChI=1S/C24H20N4/c1-3-20-21(15-28-23(20)25-11-1)24(9-2-10-24)19-6-4-16(5-7-19)18-13-17-8-12-26-22(17)27-14-18/h1,3-8,11-15H,2,9-10H2,(H,25,28)(H,26,27). The number of pyridine rings is 2. The number of hydrogen-bond donors (Lipinski definition) is 2. The summed E-state index contributed by atoms with van der Waals surface area (Å²) >= 11 is 0. The minimum atomic E-state index is 0.0999. The Balaban J connectivity index is 1.42. The van der Waals surface area contributed by atoms with Crippen molar-refractivity contribution in [2.45, 2.75) is 24.7 Å². The molecule has 6 rings (SSSR count). The van der Waals surface area contributed by atoms with Crippen LogP contribution < -0.4 is 0 Å². The van der Waals surface area contributed by atoms with E-state index in [1.165, 1.54) is 41.3 Å². The van der Waals surface area contributed by atoms with Gasteiger partial charge < -0.3 is 9.97 Å². The Labute approximate surface area is 162 Å². The maximum atomic E-state index is 4.52. The van der Waals surface area contributed by atoms with Crippen molar-refractivity contribution in [2.24, 2.45) is 0 Å². The van der Waals surface area contributed by atoms with E-state index in [0.717, 1.165) is 22.2 Å². The molecular weight excluding hydrogens is 344 g/mol. The first kappa shape index (κ1) is 15.6. The molecule has 1 saturated carbocycles. The topological polar surface area (TPSA) is 57.4 Å². The van der Waals surface area contributed by atoms with E-state index in [9.17, 15) is 0 Å². The van der Waals surface area contributed by atoms with Gasteiger partial charge in [-0.25, -0.2) is 9.97 Å². The van der Waals surface area contributed by atoms with Gasteiger partial charge in [0.05, 0.1) is 0 Å². The third-order valence-corrected chi connectivity index (χ3v) is 6.34. The molecule has 0 radical (unpaired) electrons. The summed E-state index contributed by atoms with van der Waals surface area (Å²) in [6, 6.07) is 17.5. The molecule has 136 valence electrons. The van der Waals surface area contributed by atoms with Crippen LogP contribution in [0.25, 0.3) is 33.2 Å². The summed E-state index contributed by atoms with van der Waals surface area (Å²) in [5, 5.41) is 2.39. The van der Waals surface area contributed by atoms with Gasteiger partial charge in [-0.15, -0.1) is 0 Å². The second-order valence-electron chi connectivity index (χ2n) is 7.75. The fraction of sp³-hybridized carbons (Fsp3) is 0.167. The van der Waals surface area contributed by atoms with E-state index >= 15 is 0 Å². The summed E-state index contributed by atoms with van der Waals surface area (Å²) in [5.41, 5.74) is 7.14. The molecule has 0 aliphatic heterocycles. The van der Waals surface area contributed by atoms with E-state index in [1.54, 1.807) is 0 Å². The second kappa shape index (κ2) is 5.80. The van der Waals surface area contributed by atoms with Gasteiger partial charge in [0.15, 0.2) is 0 Å². The summed E-state index contributed by atoms with van der Waals surface area (Å²) in [4.78, 5) is 15.5. The number of aromatic nitrogens is 4. The summed E-state index contributed by atoms with van der Waals surface area (Å²) in [6.07, 6.45) is 11.5. The maximum absolute atomic E-state index is 4.52. The molecule has 1 aliphatic rings. The lowest BCUT2D eigenvalue weighted by molar-refractivity contribution is 0.304. The normalized spacial score (nSPS) is 15.7. The Morgan fingerprint density at radius 3 is 2.57 bits per heavy atom. The van der Waals surface area contributed by atoms with Crippen LogP contribution in [0.1, 0.15) is 30.4 Å². The zero-order chi connectivity index (χ0) is 18.6. The van der Waals surface area contributed by atoms with Gasteiger partial charge in [-0.2, -0.15) is 0 Å². The Morgan fingerprint density at radius 1 is 0.857 bits per heavy atom. The number of hydrogen-bond acceptors (Lipinski definition) is 2. The minimum absolute atomic E-state index is 0.0999. The number of H-pyrrole nitrogens is 2. The fourth-order valence-electron chi connectivity index (χ4n) is 4.68. The average molecular weight is 364 g/mol. The number of rotatable bonds is 3. The van der Waals surface area contributed by atoms with Crippen LogP contribution in [0.4, 0.5) is 0 Å². The summed E-state index contributed by atoms with van der Waals surface area (Å²) in [7, 11) is 0. The molecule has 0 saturated heterocycles. The molecule has 4 nitrogen and oxygen atoms in total. The lowest BCUT2D eigenvalue weighted by atomic mass is 9.60. The van der Waals surface area contributed by atoms with E-state index < -0.39 is 0 Å². The molecular formula is C24H20N4. The molecule has 2 N–H and O–H groups in total. The predicted octanol–water partition coefficient (Wildman–Crippen LogP) is 5.58. The van der Waals surface area contributed by atoms with Crippen molar-refractivity contribution in [2.75, 3.05) is 0 Å². The highest BCUT2D eigenvalue weighted by molar-refractivity contribution is 5.83. The first-order chi connectivity index (χ1) is 13.8. The van der Waals surface area contributed by atoms with Crippen LogP contribution in [-0.2, 0) is 5.41 Å². The lowest BCUT2D eigenvalue weighted by Gasteiger charge is -2.42. The third kappa shape index (κ3) is 2.18. The Bertz CT molecular complexity index is 1290. The summed E-state index contributed by atoms with van der Waals surface area (Å²) in [5.74, 6) is 0. The monoisotopic (exact) mass is 364 g/mol. The van der Waals surface area contributed by atoms with Crippen LogP contribution in [-0.4, -0.2) is 19.9 Å². The van der Waals surface area contributed by atoms with Crippen LogP contribution in [0, 0.1) is 0 Å². The van der Waals surface area contributed by atoms with Crippen molar-refractivity contribution >= 4 is 22.1 Å². The van der Waals surface area contributed by atoms with Gasteiger partial charge in [0, 0.05) is 46.5 Å². The maximum Gasteiger partial charge on any atom is 0.137 e. The number of nitrogens with one attached hydrogen (secondary N) is 2. The SMILES string of the molecule is c1cnc2[nH]cc(C3(c4ccc(-c5cnc6[nH]ccc6c5)cc4)CCC3)c2c1. The highest BCUT2D eigenvalue weighted by atomic mass is 14.8. The van der Waals surface area contributed by atoms with Crippen molar-refractivity contribution in [3.8, 4) is 11.1 Å². The molecule has 5 aromatic rings. The van der Waals surface area contributed by atoms with Crippen LogP contribution >= 0.6 is 0 Å². The lowest BCUT2D eigenvalue weighted by Crippen LogP contribution is -2.35. The Hall–Kier alpha value is -3.40. The molecule has 0 unspecified atom stereocenters. The van der Waals surface area contributed by atoms with Gasteiger partial charge in [0.25, 0.3) is 0 Å². The third-order valence-electron chi connectivity index (χ3n) is 6.34. The number of nitrogens with zero attached hydrogens (tertiary/aromatic N) is 2. The first-order valence-corrected chi connectivity index (χ1v) is 9.80. The van der Waals surface area contributed by atoms with Crippen molar-refractivity contribution in [1.82, 2.24) is 19.9 Å². The second-order valence-corrected chi connectivity index (χ2v) is 7.75. The molecule has 0 atom stereocenters. The highest BCUT2D eigenvalue weighted by Gasteiger charge is 2.41. The zero-order valence-electron chi connectivity index (χ0n) is 15.4. The van der Waals surface area contributed by atoms with Crippen molar-refractivity contribution < 1.29 is 0 Å². The van der Waals surface area contributed by atoms with Crippen molar-refractivity contribution in [1.29, 1.82) is 0 Å². The molecule has 1 aliphatic carbocycles. The molecule has 0 amide bonds. The summed E-state index contributed by atoms with van der Waals surface area (Å²) < 4.78 is 0. The van der Waals surface area contributed by atoms with Gasteiger partial charge in [-0.1, -0.05) is 30.7 Å². The van der Waals surface area contributed by atoms with Crippen LogP contribution in [0.3, 0.4) is 0 Å². The smallest absolute Gasteiger partial charge is 0.137 e. The van der Waals surface area contributed by atoms with Crippen molar-refractivity contribution in [3.05, 3.63) is 84.4 Å². The molecule has 0 bridgehead atoms. The quantitative estimate of drug-likeness (QED) is 0.439. The molecule has 28 heavy (non-hydrogen) atoms. The molecule has 1 aromatic carbocycles. The largest absolute Gasteiger partial charge is 0.346 e. The minimum Gasteiger partial charge on any atom is -0.346 e. The number of benzene rings is 1. The molecule has 4 heterocycles. The van der Waals surface area contributed by atoms with Gasteiger partial charge >= 0.3 is 0 Å². The molecule has 1 fully saturated rings. The van der Waals surface area contributed by atoms with Gasteiger partial charge in [-0.05, 0) is 53.8 Å². The molecule has 0 spiro atoms. The Morgan fingerprint density at radius 2 is 1.75 bits per heavy atom. The van der Waals surface area contributed by atoms with Crippen LogP contribution in [0.15, 0.2) is 73.3 Å².